The smallest absolute Gasteiger partial charge is 0.253 e. The van der Waals surface area contributed by atoms with Crippen molar-refractivity contribution < 1.29 is 9.59 Å². The number of carbonyl (C=O) groups excluding carboxylic acids is 2. The molecule has 6 heteroatoms. The van der Waals surface area contributed by atoms with Gasteiger partial charge in [-0.15, -0.1) is 0 Å². The summed E-state index contributed by atoms with van der Waals surface area (Å²) in [6.45, 7) is 11.6. The Balaban J connectivity index is 2.15. The summed E-state index contributed by atoms with van der Waals surface area (Å²) in [6, 6.07) is 5.71. The number of hydrogen-bond donors (Lipinski definition) is 2. The third-order valence-corrected chi connectivity index (χ3v) is 5.31. The Hall–Kier alpha value is -2.08. The first kappa shape index (κ1) is 22.2. The highest BCUT2D eigenvalue weighted by Crippen LogP contribution is 2.27. The Labute approximate surface area is 169 Å². The molecule has 0 bridgehead atoms. The third kappa shape index (κ3) is 6.51. The summed E-state index contributed by atoms with van der Waals surface area (Å²) in [5.41, 5.74) is 2.30. The molecular weight excluding hydrogens is 352 g/mol. The fraction of sp³-hybridized carbons (Fsp3) is 0.636. The highest BCUT2D eigenvalue weighted by molar-refractivity contribution is 6.02. The van der Waals surface area contributed by atoms with E-state index >= 15 is 0 Å². The molecule has 2 N–H and O–H groups in total. The van der Waals surface area contributed by atoms with Gasteiger partial charge in [-0.3, -0.25) is 9.59 Å². The van der Waals surface area contributed by atoms with Crippen molar-refractivity contribution in [1.82, 2.24) is 10.2 Å². The molecule has 0 aromatic heterocycles. The minimum atomic E-state index is -0.0701. The number of nitrogens with zero attached hydrogens (tertiary/aromatic N) is 2. The first-order valence-electron chi connectivity index (χ1n) is 10.8. The Morgan fingerprint density at radius 1 is 1.07 bits per heavy atom. The Morgan fingerprint density at radius 3 is 2.43 bits per heavy atom. The quantitative estimate of drug-likeness (QED) is 0.644. The van der Waals surface area contributed by atoms with E-state index < -0.39 is 0 Å². The maximum absolute atomic E-state index is 13.0. The van der Waals surface area contributed by atoms with Gasteiger partial charge in [-0.1, -0.05) is 20.8 Å². The number of hydrogen-bond acceptors (Lipinski definition) is 4. The molecule has 1 aromatic carbocycles. The summed E-state index contributed by atoms with van der Waals surface area (Å²) in [5, 5.41) is 5.98. The summed E-state index contributed by atoms with van der Waals surface area (Å²) in [6.07, 6.45) is 4.83. The van der Waals surface area contributed by atoms with E-state index in [0.717, 1.165) is 57.7 Å². The molecule has 0 aliphatic carbocycles. The number of anilines is 2. The number of nitrogens with one attached hydrogen (secondary N) is 2. The second-order valence-corrected chi connectivity index (χ2v) is 7.36. The largest absolute Gasteiger partial charge is 0.371 e. The van der Waals surface area contributed by atoms with Gasteiger partial charge in [0.05, 0.1) is 5.56 Å². The fourth-order valence-electron chi connectivity index (χ4n) is 3.62. The number of benzene rings is 1. The van der Waals surface area contributed by atoms with Crippen LogP contribution in [0.15, 0.2) is 18.2 Å². The van der Waals surface area contributed by atoms with Crippen molar-refractivity contribution >= 4 is 23.2 Å². The lowest BCUT2D eigenvalue weighted by Gasteiger charge is -2.30. The van der Waals surface area contributed by atoms with Gasteiger partial charge in [-0.25, -0.2) is 0 Å². The van der Waals surface area contributed by atoms with Crippen LogP contribution in [-0.2, 0) is 4.79 Å². The predicted octanol–water partition coefficient (Wildman–Crippen LogP) is 3.49. The van der Waals surface area contributed by atoms with Gasteiger partial charge in [0.15, 0.2) is 0 Å². The molecule has 0 radical (unpaired) electrons. The molecule has 2 amide bonds. The minimum absolute atomic E-state index is 0.0129. The standard InChI is InChI=1S/C22H36N4O2/c1-4-10-21(27)24-18-11-12-20(26-14-8-7-9-15-26)19(17-18)22(28)23-13-16-25(5-2)6-3/h11-12,17H,4-10,13-16H2,1-3H3,(H,23,28)(H,24,27). The summed E-state index contributed by atoms with van der Waals surface area (Å²) >= 11 is 0. The van der Waals surface area contributed by atoms with Crippen molar-refractivity contribution in [1.29, 1.82) is 0 Å². The Kier molecular flexibility index (Phi) is 9.28. The van der Waals surface area contributed by atoms with Crippen LogP contribution < -0.4 is 15.5 Å². The van der Waals surface area contributed by atoms with Gasteiger partial charge in [-0.05, 0) is 57.0 Å². The topological polar surface area (TPSA) is 64.7 Å². The van der Waals surface area contributed by atoms with E-state index in [9.17, 15) is 9.59 Å². The second-order valence-electron chi connectivity index (χ2n) is 7.36. The zero-order valence-corrected chi connectivity index (χ0v) is 17.7. The summed E-state index contributed by atoms with van der Waals surface area (Å²) in [7, 11) is 0. The van der Waals surface area contributed by atoms with E-state index in [-0.39, 0.29) is 11.8 Å². The van der Waals surface area contributed by atoms with Crippen LogP contribution >= 0.6 is 0 Å². The van der Waals surface area contributed by atoms with Crippen LogP contribution in [0.2, 0.25) is 0 Å². The number of amides is 2. The second kappa shape index (κ2) is 11.7. The van der Waals surface area contributed by atoms with Crippen LogP contribution in [0.1, 0.15) is 63.2 Å². The van der Waals surface area contributed by atoms with Crippen molar-refractivity contribution in [3.8, 4) is 0 Å². The average molecular weight is 389 g/mol. The Morgan fingerprint density at radius 2 is 1.79 bits per heavy atom. The number of piperidine rings is 1. The van der Waals surface area contributed by atoms with Crippen molar-refractivity contribution in [3.63, 3.8) is 0 Å². The van der Waals surface area contributed by atoms with Crippen molar-refractivity contribution in [2.75, 3.05) is 49.5 Å². The van der Waals surface area contributed by atoms with Crippen LogP contribution in [0.3, 0.4) is 0 Å². The van der Waals surface area contributed by atoms with Crippen molar-refractivity contribution in [3.05, 3.63) is 23.8 Å². The van der Waals surface area contributed by atoms with Crippen molar-refractivity contribution in [2.24, 2.45) is 0 Å². The van der Waals surface area contributed by atoms with Crippen molar-refractivity contribution in [2.45, 2.75) is 52.9 Å². The molecule has 28 heavy (non-hydrogen) atoms. The van der Waals surface area contributed by atoms with Gasteiger partial charge >= 0.3 is 0 Å². The molecule has 1 fully saturated rings. The van der Waals surface area contributed by atoms with Gasteiger partial charge in [-0.2, -0.15) is 0 Å². The van der Waals surface area contributed by atoms with E-state index in [2.05, 4.69) is 34.3 Å². The van der Waals surface area contributed by atoms with Gasteiger partial charge in [0, 0.05) is 44.0 Å². The molecule has 1 aliphatic heterocycles. The monoisotopic (exact) mass is 388 g/mol. The molecule has 6 nitrogen and oxygen atoms in total. The lowest BCUT2D eigenvalue weighted by atomic mass is 10.1. The lowest BCUT2D eigenvalue weighted by Crippen LogP contribution is -2.36. The fourth-order valence-corrected chi connectivity index (χ4v) is 3.62. The molecule has 0 unspecified atom stereocenters. The van der Waals surface area contributed by atoms with Crippen LogP contribution in [-0.4, -0.2) is 56.0 Å². The summed E-state index contributed by atoms with van der Waals surface area (Å²) < 4.78 is 0. The van der Waals surface area contributed by atoms with Gasteiger partial charge in [0.25, 0.3) is 5.91 Å². The van der Waals surface area contributed by atoms with E-state index in [4.69, 9.17) is 0 Å². The number of likely N-dealkylation sites (N-methyl/N-ethyl adjacent to an activating group) is 1. The van der Waals surface area contributed by atoms with E-state index in [1.165, 1.54) is 6.42 Å². The van der Waals surface area contributed by atoms with Crippen LogP contribution in [0.4, 0.5) is 11.4 Å². The molecule has 1 saturated heterocycles. The first-order chi connectivity index (χ1) is 13.6. The molecule has 0 atom stereocenters. The Bertz CT molecular complexity index is 637. The normalized spacial score (nSPS) is 14.2. The molecule has 0 saturated carbocycles. The summed E-state index contributed by atoms with van der Waals surface area (Å²) in [5.74, 6) is -0.0829. The molecule has 0 spiro atoms. The number of rotatable bonds is 10. The highest BCUT2D eigenvalue weighted by Gasteiger charge is 2.19. The SMILES string of the molecule is CCCC(=O)Nc1ccc(N2CCCCC2)c(C(=O)NCCN(CC)CC)c1. The van der Waals surface area contributed by atoms with Gasteiger partial charge in [0.2, 0.25) is 5.91 Å². The molecule has 1 aromatic rings. The zero-order valence-electron chi connectivity index (χ0n) is 17.7. The minimum Gasteiger partial charge on any atom is -0.371 e. The van der Waals surface area contributed by atoms with E-state index in [0.29, 0.717) is 24.2 Å². The van der Waals surface area contributed by atoms with E-state index in [1.807, 2.05) is 25.1 Å². The van der Waals surface area contributed by atoms with Gasteiger partial charge < -0.3 is 20.4 Å². The van der Waals surface area contributed by atoms with Crippen LogP contribution in [0, 0.1) is 0 Å². The maximum Gasteiger partial charge on any atom is 0.253 e. The first-order valence-corrected chi connectivity index (χ1v) is 10.8. The highest BCUT2D eigenvalue weighted by atomic mass is 16.2. The molecule has 1 aliphatic rings. The summed E-state index contributed by atoms with van der Waals surface area (Å²) in [4.78, 5) is 29.5. The molecule has 156 valence electrons. The lowest BCUT2D eigenvalue weighted by molar-refractivity contribution is -0.116. The predicted molar refractivity (Wildman–Crippen MR) is 116 cm³/mol. The zero-order chi connectivity index (χ0) is 20.4. The number of carbonyl (C=O) groups is 2. The van der Waals surface area contributed by atoms with E-state index in [1.54, 1.807) is 0 Å². The molecular formula is C22H36N4O2. The van der Waals surface area contributed by atoms with Gasteiger partial charge in [0.1, 0.15) is 0 Å². The van der Waals surface area contributed by atoms with Crippen LogP contribution in [0.5, 0.6) is 0 Å². The molecule has 2 rings (SSSR count). The maximum atomic E-state index is 13.0. The molecule has 1 heterocycles. The van der Waals surface area contributed by atoms with Crippen LogP contribution in [0.25, 0.3) is 0 Å². The third-order valence-electron chi connectivity index (χ3n) is 5.31. The average Bonchev–Trinajstić information content (AvgIpc) is 2.72.